The Morgan fingerprint density at radius 1 is 1.00 bits per heavy atom. The Balaban J connectivity index is 1.85. The number of anilines is 1. The molecule has 0 aromatic heterocycles. The largest absolute Gasteiger partial charge is 0.294 e. The van der Waals surface area contributed by atoms with Crippen LogP contribution in [0.4, 0.5) is 5.69 Å². The molecular weight excluding hydrogens is 370 g/mol. The molecule has 0 radical (unpaired) electrons. The van der Waals surface area contributed by atoms with Crippen LogP contribution in [0.25, 0.3) is 0 Å². The first-order valence-corrected chi connectivity index (χ1v) is 10.9. The summed E-state index contributed by atoms with van der Waals surface area (Å²) in [6.07, 6.45) is 1.59. The molecule has 2 aromatic rings. The minimum absolute atomic E-state index is 0.0720. The third-order valence-corrected chi connectivity index (χ3v) is 6.41. The second kappa shape index (κ2) is 7.54. The normalized spacial score (nSPS) is 21.3. The molecule has 1 aliphatic carbocycles. The van der Waals surface area contributed by atoms with Crippen LogP contribution in [0.2, 0.25) is 0 Å². The van der Waals surface area contributed by atoms with E-state index in [1.54, 1.807) is 0 Å². The molecule has 3 heteroatoms. The van der Waals surface area contributed by atoms with Crippen LogP contribution in [0.1, 0.15) is 75.5 Å². The number of rotatable bonds is 3. The van der Waals surface area contributed by atoms with Gasteiger partial charge in [-0.1, -0.05) is 64.1 Å². The van der Waals surface area contributed by atoms with Gasteiger partial charge in [0.2, 0.25) is 5.91 Å². The third-order valence-electron chi connectivity index (χ3n) is 6.41. The molecule has 0 bridgehead atoms. The van der Waals surface area contributed by atoms with E-state index in [4.69, 9.17) is 0 Å². The third kappa shape index (κ3) is 3.74. The number of hydrogen-bond donors (Lipinski definition) is 0. The summed E-state index contributed by atoms with van der Waals surface area (Å²) < 4.78 is 0. The molecule has 1 unspecified atom stereocenters. The highest BCUT2D eigenvalue weighted by Crippen LogP contribution is 2.48. The van der Waals surface area contributed by atoms with E-state index in [0.717, 1.165) is 34.5 Å². The lowest BCUT2D eigenvalue weighted by Crippen LogP contribution is -2.43. The molecule has 3 nitrogen and oxygen atoms in total. The summed E-state index contributed by atoms with van der Waals surface area (Å²) in [7, 11) is 0. The minimum Gasteiger partial charge on any atom is -0.294 e. The van der Waals surface area contributed by atoms with Crippen LogP contribution in [-0.2, 0) is 9.59 Å². The highest BCUT2D eigenvalue weighted by molar-refractivity contribution is 6.07. The standard InChI is InChI=1S/C27H31NO2/c1-17(2)19-9-11-20(12-10-19)22-14-25(30)28(21-8-6-7-18(3)13-21)23-15-27(4,5)16-24(29)26(22)23/h6-13,17,22H,14-16H2,1-5H3. The second-order valence-electron chi connectivity index (χ2n) is 9.95. The van der Waals surface area contributed by atoms with Gasteiger partial charge in [-0.15, -0.1) is 0 Å². The Kier molecular flexibility index (Phi) is 5.17. The summed E-state index contributed by atoms with van der Waals surface area (Å²) in [6, 6.07) is 16.5. The zero-order chi connectivity index (χ0) is 21.6. The van der Waals surface area contributed by atoms with E-state index in [2.05, 4.69) is 52.0 Å². The molecule has 156 valence electrons. The van der Waals surface area contributed by atoms with Gasteiger partial charge in [0.05, 0.1) is 0 Å². The van der Waals surface area contributed by atoms with Crippen LogP contribution in [0, 0.1) is 12.3 Å². The Hall–Kier alpha value is -2.68. The number of hydrogen-bond acceptors (Lipinski definition) is 2. The van der Waals surface area contributed by atoms with Crippen molar-refractivity contribution in [2.24, 2.45) is 5.41 Å². The highest BCUT2D eigenvalue weighted by Gasteiger charge is 2.44. The van der Waals surface area contributed by atoms with Crippen LogP contribution in [-0.4, -0.2) is 11.7 Å². The van der Waals surface area contributed by atoms with Gasteiger partial charge in [-0.25, -0.2) is 0 Å². The second-order valence-corrected chi connectivity index (χ2v) is 9.95. The number of nitrogens with zero attached hydrogens (tertiary/aromatic N) is 1. The molecule has 4 rings (SSSR count). The van der Waals surface area contributed by atoms with E-state index >= 15 is 0 Å². The number of Topliss-reactive ketones (excluding diaryl/α,β-unsaturated/α-hetero) is 1. The first kappa shape index (κ1) is 20.6. The number of benzene rings is 2. The van der Waals surface area contributed by atoms with E-state index in [1.165, 1.54) is 5.56 Å². The van der Waals surface area contributed by atoms with E-state index < -0.39 is 0 Å². The number of amides is 1. The molecule has 0 saturated carbocycles. The molecule has 1 atom stereocenters. The summed E-state index contributed by atoms with van der Waals surface area (Å²) >= 11 is 0. The molecule has 2 aromatic carbocycles. The van der Waals surface area contributed by atoms with Gasteiger partial charge in [-0.2, -0.15) is 0 Å². The van der Waals surface area contributed by atoms with Crippen molar-refractivity contribution >= 4 is 17.4 Å². The van der Waals surface area contributed by atoms with E-state index in [9.17, 15) is 9.59 Å². The van der Waals surface area contributed by atoms with Crippen molar-refractivity contribution in [1.29, 1.82) is 0 Å². The predicted molar refractivity (Wildman–Crippen MR) is 122 cm³/mol. The van der Waals surface area contributed by atoms with Crippen molar-refractivity contribution in [3.8, 4) is 0 Å². The summed E-state index contributed by atoms with van der Waals surface area (Å²) in [6.45, 7) is 10.6. The van der Waals surface area contributed by atoms with Crippen molar-refractivity contribution in [2.75, 3.05) is 4.90 Å². The molecule has 2 aliphatic rings. The van der Waals surface area contributed by atoms with Gasteiger partial charge >= 0.3 is 0 Å². The summed E-state index contributed by atoms with van der Waals surface area (Å²) in [4.78, 5) is 28.6. The molecule has 0 N–H and O–H groups in total. The Bertz CT molecular complexity index is 1030. The molecule has 0 saturated heterocycles. The Morgan fingerprint density at radius 2 is 1.70 bits per heavy atom. The topological polar surface area (TPSA) is 37.4 Å². The summed E-state index contributed by atoms with van der Waals surface area (Å²) in [5.41, 5.74) is 5.90. The predicted octanol–water partition coefficient (Wildman–Crippen LogP) is 6.28. The number of allylic oxidation sites excluding steroid dienone is 2. The first-order chi connectivity index (χ1) is 14.2. The van der Waals surface area contributed by atoms with Crippen LogP contribution < -0.4 is 4.90 Å². The molecule has 0 fully saturated rings. The molecule has 1 aliphatic heterocycles. The maximum absolute atomic E-state index is 13.4. The van der Waals surface area contributed by atoms with Crippen molar-refractivity contribution in [1.82, 2.24) is 0 Å². The van der Waals surface area contributed by atoms with E-state index in [0.29, 0.717) is 18.8 Å². The Labute approximate surface area is 179 Å². The minimum atomic E-state index is -0.154. The lowest BCUT2D eigenvalue weighted by atomic mass is 9.69. The van der Waals surface area contributed by atoms with Gasteiger partial charge in [0, 0.05) is 35.7 Å². The maximum Gasteiger partial charge on any atom is 0.232 e. The number of carbonyl (C=O) groups is 2. The average molecular weight is 402 g/mol. The van der Waals surface area contributed by atoms with E-state index in [1.807, 2.05) is 36.1 Å². The SMILES string of the molecule is Cc1cccc(N2C(=O)CC(c3ccc(C(C)C)cc3)C3=C2CC(C)(C)CC3=O)c1. The van der Waals surface area contributed by atoms with Gasteiger partial charge < -0.3 is 0 Å². The lowest BCUT2D eigenvalue weighted by Gasteiger charge is -2.43. The van der Waals surface area contributed by atoms with Crippen molar-refractivity contribution in [3.63, 3.8) is 0 Å². The number of carbonyl (C=O) groups excluding carboxylic acids is 2. The van der Waals surface area contributed by atoms with Gasteiger partial charge in [0.25, 0.3) is 0 Å². The first-order valence-electron chi connectivity index (χ1n) is 10.9. The molecule has 0 spiro atoms. The molecular formula is C27H31NO2. The van der Waals surface area contributed by atoms with Crippen LogP contribution in [0.5, 0.6) is 0 Å². The summed E-state index contributed by atoms with van der Waals surface area (Å²) in [5, 5.41) is 0. The quantitative estimate of drug-likeness (QED) is 0.607. The lowest BCUT2D eigenvalue weighted by molar-refractivity contribution is -0.121. The molecule has 30 heavy (non-hydrogen) atoms. The van der Waals surface area contributed by atoms with Crippen molar-refractivity contribution < 1.29 is 9.59 Å². The van der Waals surface area contributed by atoms with Gasteiger partial charge in [0.15, 0.2) is 5.78 Å². The van der Waals surface area contributed by atoms with Crippen molar-refractivity contribution in [3.05, 3.63) is 76.5 Å². The monoisotopic (exact) mass is 401 g/mol. The molecule has 1 heterocycles. The maximum atomic E-state index is 13.4. The number of aryl methyl sites for hydroxylation is 1. The fourth-order valence-electron chi connectivity index (χ4n) is 4.88. The highest BCUT2D eigenvalue weighted by atomic mass is 16.2. The fraction of sp³-hybridized carbons (Fsp3) is 0.407. The van der Waals surface area contributed by atoms with Crippen LogP contribution >= 0.6 is 0 Å². The van der Waals surface area contributed by atoms with Crippen LogP contribution in [0.3, 0.4) is 0 Å². The zero-order valence-electron chi connectivity index (χ0n) is 18.7. The van der Waals surface area contributed by atoms with Gasteiger partial charge in [0.1, 0.15) is 0 Å². The zero-order valence-corrected chi connectivity index (χ0v) is 18.7. The van der Waals surface area contributed by atoms with Crippen molar-refractivity contribution in [2.45, 2.75) is 65.7 Å². The molecule has 1 amide bonds. The van der Waals surface area contributed by atoms with Gasteiger partial charge in [-0.3, -0.25) is 14.5 Å². The van der Waals surface area contributed by atoms with Crippen LogP contribution in [0.15, 0.2) is 59.8 Å². The fourth-order valence-corrected chi connectivity index (χ4v) is 4.88. The summed E-state index contributed by atoms with van der Waals surface area (Å²) in [5.74, 6) is 0.557. The smallest absolute Gasteiger partial charge is 0.232 e. The average Bonchev–Trinajstić information content (AvgIpc) is 2.66. The van der Waals surface area contributed by atoms with E-state index in [-0.39, 0.29) is 23.0 Å². The Morgan fingerprint density at radius 3 is 2.33 bits per heavy atom. The van der Waals surface area contributed by atoms with Gasteiger partial charge in [-0.05, 0) is 53.5 Å². The number of ketones is 1.